The summed E-state index contributed by atoms with van der Waals surface area (Å²) in [5.41, 5.74) is 1.15. The molecular weight excluding hydrogens is 473 g/mol. The third kappa shape index (κ3) is 4.46. The summed E-state index contributed by atoms with van der Waals surface area (Å²) in [6, 6.07) is 7.97. The SMILES string of the molecule is O=C1CCC(N2Cc3c(OCc4cc(C(O)(O)N5CCOCC5)ccc4F)cccc3C2=O)C(=O)N1. The molecule has 3 aliphatic heterocycles. The third-order valence-corrected chi connectivity index (χ3v) is 6.81. The number of ether oxygens (including phenoxy) is 2. The number of fused-ring (bicyclic) bond motifs is 1. The van der Waals surface area contributed by atoms with Gasteiger partial charge in [0.05, 0.1) is 19.8 Å². The highest BCUT2D eigenvalue weighted by Crippen LogP contribution is 2.34. The molecule has 1 unspecified atom stereocenters. The maximum Gasteiger partial charge on any atom is 0.255 e. The predicted molar refractivity (Wildman–Crippen MR) is 122 cm³/mol. The van der Waals surface area contributed by atoms with E-state index >= 15 is 0 Å². The Hall–Kier alpha value is -3.38. The highest BCUT2D eigenvalue weighted by Gasteiger charge is 2.40. The van der Waals surface area contributed by atoms with Crippen LogP contribution in [0.4, 0.5) is 4.39 Å². The molecule has 0 radical (unpaired) electrons. The van der Waals surface area contributed by atoms with Crippen LogP contribution in [-0.4, -0.2) is 70.1 Å². The van der Waals surface area contributed by atoms with Gasteiger partial charge in [0, 0.05) is 41.8 Å². The minimum atomic E-state index is -2.30. The van der Waals surface area contributed by atoms with Crippen LogP contribution in [0.1, 0.15) is 39.9 Å². The first-order chi connectivity index (χ1) is 17.3. The molecule has 2 aromatic carbocycles. The average molecular weight is 499 g/mol. The van der Waals surface area contributed by atoms with Gasteiger partial charge in [-0.15, -0.1) is 0 Å². The van der Waals surface area contributed by atoms with Crippen molar-refractivity contribution in [1.29, 1.82) is 0 Å². The van der Waals surface area contributed by atoms with Gasteiger partial charge in [0.1, 0.15) is 24.2 Å². The number of carbonyl (C=O) groups excluding carboxylic acids is 3. The number of hydrogen-bond acceptors (Lipinski definition) is 8. The topological polar surface area (TPSA) is 129 Å². The van der Waals surface area contributed by atoms with E-state index in [0.29, 0.717) is 43.2 Å². The Labute approximate surface area is 206 Å². The first kappa shape index (κ1) is 24.3. The smallest absolute Gasteiger partial charge is 0.255 e. The Morgan fingerprint density at radius 3 is 2.67 bits per heavy atom. The number of hydrogen-bond donors (Lipinski definition) is 3. The summed E-state index contributed by atoms with van der Waals surface area (Å²) in [4.78, 5) is 39.6. The second-order valence-corrected chi connectivity index (χ2v) is 9.01. The van der Waals surface area contributed by atoms with Crippen LogP contribution in [0.2, 0.25) is 0 Å². The second-order valence-electron chi connectivity index (χ2n) is 9.01. The van der Waals surface area contributed by atoms with E-state index < -0.39 is 23.7 Å². The van der Waals surface area contributed by atoms with Gasteiger partial charge in [0.2, 0.25) is 11.8 Å². The Balaban J connectivity index is 1.33. The van der Waals surface area contributed by atoms with E-state index in [1.165, 1.54) is 21.9 Å². The van der Waals surface area contributed by atoms with Crippen molar-refractivity contribution < 1.29 is 38.5 Å². The molecule has 1 atom stereocenters. The fraction of sp³-hybridized carbons (Fsp3) is 0.400. The van der Waals surface area contributed by atoms with Gasteiger partial charge in [-0.3, -0.25) is 19.7 Å². The summed E-state index contributed by atoms with van der Waals surface area (Å²) < 4.78 is 25.7. The largest absolute Gasteiger partial charge is 0.488 e. The molecule has 10 nitrogen and oxygen atoms in total. The number of benzene rings is 2. The number of aliphatic hydroxyl groups is 2. The summed E-state index contributed by atoms with van der Waals surface area (Å²) in [6.07, 6.45) is 0.392. The van der Waals surface area contributed by atoms with Crippen molar-refractivity contribution >= 4 is 17.7 Å². The Bertz CT molecular complexity index is 1210. The molecule has 190 valence electrons. The van der Waals surface area contributed by atoms with Crippen LogP contribution in [0.5, 0.6) is 5.75 Å². The summed E-state index contributed by atoms with van der Waals surface area (Å²) in [5.74, 6) is -3.73. The van der Waals surface area contributed by atoms with Crippen LogP contribution in [-0.2, 0) is 33.4 Å². The average Bonchev–Trinajstić information content (AvgIpc) is 3.20. The van der Waals surface area contributed by atoms with Crippen LogP contribution >= 0.6 is 0 Å². The summed E-state index contributed by atoms with van der Waals surface area (Å²) >= 11 is 0. The summed E-state index contributed by atoms with van der Waals surface area (Å²) in [7, 11) is 0. The Morgan fingerprint density at radius 2 is 1.92 bits per heavy atom. The number of rotatable bonds is 6. The number of piperidine rings is 1. The van der Waals surface area contributed by atoms with Crippen molar-refractivity contribution in [3.8, 4) is 5.75 Å². The maximum atomic E-state index is 14.6. The van der Waals surface area contributed by atoms with E-state index in [-0.39, 0.29) is 48.9 Å². The van der Waals surface area contributed by atoms with Gasteiger partial charge in [0.25, 0.3) is 11.8 Å². The number of imide groups is 1. The number of halogens is 1. The lowest BCUT2D eigenvalue weighted by Gasteiger charge is -2.37. The zero-order valence-corrected chi connectivity index (χ0v) is 19.4. The number of nitrogens with one attached hydrogen (secondary N) is 1. The van der Waals surface area contributed by atoms with Crippen LogP contribution in [0.25, 0.3) is 0 Å². The fourth-order valence-corrected chi connectivity index (χ4v) is 4.80. The van der Waals surface area contributed by atoms with Crippen molar-refractivity contribution in [2.75, 3.05) is 26.3 Å². The van der Waals surface area contributed by atoms with Crippen molar-refractivity contribution in [1.82, 2.24) is 15.1 Å². The van der Waals surface area contributed by atoms with Gasteiger partial charge < -0.3 is 24.6 Å². The summed E-state index contributed by atoms with van der Waals surface area (Å²) in [6.45, 7) is 1.23. The molecule has 3 amide bonds. The number of amides is 3. The van der Waals surface area contributed by atoms with E-state index in [0.717, 1.165) is 6.07 Å². The van der Waals surface area contributed by atoms with Gasteiger partial charge in [-0.25, -0.2) is 9.29 Å². The minimum Gasteiger partial charge on any atom is -0.488 e. The Kier molecular flexibility index (Phi) is 6.47. The molecule has 2 fully saturated rings. The lowest BCUT2D eigenvalue weighted by atomic mass is 10.0. The van der Waals surface area contributed by atoms with Gasteiger partial charge >= 0.3 is 0 Å². The van der Waals surface area contributed by atoms with Crippen molar-refractivity contribution in [3.63, 3.8) is 0 Å². The molecular formula is C25H26FN3O7. The monoisotopic (exact) mass is 499 g/mol. The molecule has 0 aromatic heterocycles. The number of carbonyl (C=O) groups is 3. The zero-order chi connectivity index (χ0) is 25.4. The van der Waals surface area contributed by atoms with Crippen LogP contribution in [0.3, 0.4) is 0 Å². The number of nitrogens with zero attached hydrogens (tertiary/aromatic N) is 2. The molecule has 3 aliphatic rings. The van der Waals surface area contributed by atoms with Crippen LogP contribution in [0, 0.1) is 5.82 Å². The van der Waals surface area contributed by atoms with Gasteiger partial charge in [-0.05, 0) is 36.8 Å². The molecule has 3 N–H and O–H groups in total. The molecule has 36 heavy (non-hydrogen) atoms. The van der Waals surface area contributed by atoms with Gasteiger partial charge in [-0.1, -0.05) is 6.07 Å². The van der Waals surface area contributed by atoms with Crippen molar-refractivity contribution in [3.05, 3.63) is 64.5 Å². The molecule has 2 aromatic rings. The standard InChI is InChI=1S/C25H26FN3O7/c26-19-5-4-16(25(33,34)28-8-10-35-11-9-28)12-15(19)14-36-21-3-1-2-17-18(21)13-29(24(17)32)20-6-7-22(30)27-23(20)31/h1-5,12,20,33-34H,6-11,13-14H2,(H,27,30,31). The zero-order valence-electron chi connectivity index (χ0n) is 19.4. The quantitative estimate of drug-likeness (QED) is 0.389. The van der Waals surface area contributed by atoms with E-state index in [2.05, 4.69) is 5.32 Å². The van der Waals surface area contributed by atoms with Crippen molar-refractivity contribution in [2.45, 2.75) is 37.9 Å². The number of morpholine rings is 1. The molecule has 2 saturated heterocycles. The van der Waals surface area contributed by atoms with E-state index in [1.54, 1.807) is 18.2 Å². The maximum absolute atomic E-state index is 14.6. The molecule has 0 spiro atoms. The first-order valence-electron chi connectivity index (χ1n) is 11.7. The first-order valence-corrected chi connectivity index (χ1v) is 11.7. The molecule has 5 rings (SSSR count). The minimum absolute atomic E-state index is 0.0990. The van der Waals surface area contributed by atoms with Crippen molar-refractivity contribution in [2.24, 2.45) is 0 Å². The molecule has 0 saturated carbocycles. The van der Waals surface area contributed by atoms with E-state index in [1.807, 2.05) is 0 Å². The second kappa shape index (κ2) is 9.58. The fourth-order valence-electron chi connectivity index (χ4n) is 4.80. The van der Waals surface area contributed by atoms with Gasteiger partial charge in [0.15, 0.2) is 0 Å². The van der Waals surface area contributed by atoms with Crippen LogP contribution < -0.4 is 10.1 Å². The molecule has 11 heteroatoms. The molecule has 0 aliphatic carbocycles. The lowest BCUT2D eigenvalue weighted by molar-refractivity contribution is -0.286. The highest BCUT2D eigenvalue weighted by molar-refractivity contribution is 6.05. The normalized spacial score (nSPS) is 20.9. The van der Waals surface area contributed by atoms with E-state index in [9.17, 15) is 29.0 Å². The lowest BCUT2D eigenvalue weighted by Crippen LogP contribution is -2.52. The van der Waals surface area contributed by atoms with E-state index in [4.69, 9.17) is 9.47 Å². The Morgan fingerprint density at radius 1 is 1.14 bits per heavy atom. The highest BCUT2D eigenvalue weighted by atomic mass is 19.1. The van der Waals surface area contributed by atoms with Crippen LogP contribution in [0.15, 0.2) is 36.4 Å². The summed E-state index contributed by atoms with van der Waals surface area (Å²) in [5, 5.41) is 23.7. The third-order valence-electron chi connectivity index (χ3n) is 6.81. The molecule has 3 heterocycles. The molecule has 0 bridgehead atoms. The van der Waals surface area contributed by atoms with Gasteiger partial charge in [-0.2, -0.15) is 0 Å². The predicted octanol–water partition coefficient (Wildman–Crippen LogP) is 0.593.